The average molecular weight is 463 g/mol. The molecule has 1 N–H and O–H groups in total. The van der Waals surface area contributed by atoms with Gasteiger partial charge in [-0.25, -0.2) is 9.97 Å². The second-order valence-corrected chi connectivity index (χ2v) is 8.83. The number of amides is 1. The Morgan fingerprint density at radius 1 is 1.09 bits per heavy atom. The third-order valence-corrected chi connectivity index (χ3v) is 6.36. The Kier molecular flexibility index (Phi) is 5.69. The molecule has 5 rings (SSSR count). The lowest BCUT2D eigenvalue weighted by Crippen LogP contribution is -2.14. The van der Waals surface area contributed by atoms with Crippen LogP contribution in [0.2, 0.25) is 0 Å². The van der Waals surface area contributed by atoms with Gasteiger partial charge in [-0.1, -0.05) is 11.3 Å². The second-order valence-electron chi connectivity index (χ2n) is 7.85. The van der Waals surface area contributed by atoms with Crippen LogP contribution in [0.5, 0.6) is 5.75 Å². The van der Waals surface area contributed by atoms with Gasteiger partial charge in [-0.05, 0) is 32.4 Å². The van der Waals surface area contributed by atoms with E-state index in [1.165, 1.54) is 11.3 Å². The van der Waals surface area contributed by atoms with E-state index in [4.69, 9.17) is 14.5 Å². The minimum absolute atomic E-state index is 0.252. The highest BCUT2D eigenvalue weighted by Gasteiger charge is 2.22. The molecule has 168 valence electrons. The first-order chi connectivity index (χ1) is 16.0. The Morgan fingerprint density at radius 2 is 1.88 bits per heavy atom. The summed E-state index contributed by atoms with van der Waals surface area (Å²) in [7, 11) is 1.58. The Bertz CT molecular complexity index is 1350. The van der Waals surface area contributed by atoms with Crippen LogP contribution in [0.4, 0.5) is 5.13 Å². The number of carbonyl (C=O) groups excluding carboxylic acids is 1. The normalized spacial score (nSPS) is 15.7. The molecule has 0 aliphatic carbocycles. The summed E-state index contributed by atoms with van der Waals surface area (Å²) in [5.74, 6) is 0.511. The molecule has 1 fully saturated rings. The molecule has 1 unspecified atom stereocenters. The second kappa shape index (κ2) is 8.80. The summed E-state index contributed by atoms with van der Waals surface area (Å²) in [5, 5.41) is 3.32. The summed E-state index contributed by atoms with van der Waals surface area (Å²) in [6.45, 7) is 5.17. The quantitative estimate of drug-likeness (QED) is 0.475. The maximum atomic E-state index is 13.3. The highest BCUT2D eigenvalue weighted by Crippen LogP contribution is 2.34. The number of nitrogens with zero attached hydrogens (tertiary/aromatic N) is 5. The number of nitrogens with one attached hydrogen (secondary N) is 1. The number of anilines is 1. The first kappa shape index (κ1) is 21.4. The van der Waals surface area contributed by atoms with Gasteiger partial charge in [-0.3, -0.25) is 20.1 Å². The van der Waals surface area contributed by atoms with Crippen molar-refractivity contribution < 1.29 is 14.3 Å². The van der Waals surface area contributed by atoms with Gasteiger partial charge in [0, 0.05) is 41.2 Å². The van der Waals surface area contributed by atoms with Crippen LogP contribution < -0.4 is 10.1 Å². The largest absolute Gasteiger partial charge is 0.494 e. The van der Waals surface area contributed by atoms with Gasteiger partial charge in [0.1, 0.15) is 5.75 Å². The molecule has 1 atom stereocenters. The molecular weight excluding hydrogens is 440 g/mol. The number of rotatable bonds is 5. The van der Waals surface area contributed by atoms with Gasteiger partial charge < -0.3 is 9.47 Å². The van der Waals surface area contributed by atoms with Crippen molar-refractivity contribution in [1.82, 2.24) is 24.9 Å². The average Bonchev–Trinajstić information content (AvgIpc) is 3.48. The van der Waals surface area contributed by atoms with Crippen molar-refractivity contribution in [3.8, 4) is 16.9 Å². The van der Waals surface area contributed by atoms with Gasteiger partial charge in [-0.15, -0.1) is 0 Å². The monoisotopic (exact) mass is 462 g/mol. The van der Waals surface area contributed by atoms with Crippen LogP contribution in [0.15, 0.2) is 30.7 Å². The number of pyridine rings is 2. The van der Waals surface area contributed by atoms with Gasteiger partial charge in [0.15, 0.2) is 15.6 Å². The lowest BCUT2D eigenvalue weighted by atomic mass is 9.99. The van der Waals surface area contributed by atoms with Crippen LogP contribution in [0.3, 0.4) is 0 Å². The predicted octanol–water partition coefficient (Wildman–Crippen LogP) is 3.92. The molecule has 4 aromatic heterocycles. The smallest absolute Gasteiger partial charge is 0.259 e. The lowest BCUT2D eigenvalue weighted by Gasteiger charge is -2.13. The fourth-order valence-electron chi connectivity index (χ4n) is 3.80. The molecule has 0 spiro atoms. The molecular formula is C23H22N6O3S. The highest BCUT2D eigenvalue weighted by molar-refractivity contribution is 7.21. The number of methoxy groups -OCH3 is 1. The van der Waals surface area contributed by atoms with E-state index in [9.17, 15) is 4.79 Å². The zero-order valence-corrected chi connectivity index (χ0v) is 19.3. The summed E-state index contributed by atoms with van der Waals surface area (Å²) in [6, 6.07) is 3.76. The maximum Gasteiger partial charge on any atom is 0.259 e. The summed E-state index contributed by atoms with van der Waals surface area (Å²) >= 11 is 1.30. The molecule has 4 aromatic rings. The number of fused-ring (bicyclic) bond motifs is 1. The Labute approximate surface area is 194 Å². The number of carbonyl (C=O) groups is 1. The third kappa shape index (κ3) is 4.27. The van der Waals surface area contributed by atoms with Crippen molar-refractivity contribution in [3.63, 3.8) is 0 Å². The molecule has 0 saturated carbocycles. The summed E-state index contributed by atoms with van der Waals surface area (Å²) in [4.78, 5) is 36.1. The summed E-state index contributed by atoms with van der Waals surface area (Å²) < 4.78 is 10.9. The van der Waals surface area contributed by atoms with Crippen molar-refractivity contribution in [2.45, 2.75) is 26.2 Å². The minimum Gasteiger partial charge on any atom is -0.494 e. The zero-order valence-electron chi connectivity index (χ0n) is 18.5. The van der Waals surface area contributed by atoms with Crippen molar-refractivity contribution in [2.24, 2.45) is 0 Å². The number of aromatic nitrogens is 5. The van der Waals surface area contributed by atoms with E-state index in [-0.39, 0.29) is 11.8 Å². The fourth-order valence-corrected chi connectivity index (χ4v) is 4.60. The van der Waals surface area contributed by atoms with Crippen LogP contribution in [0.25, 0.3) is 21.6 Å². The standard InChI is InChI=1S/C23H22N6O3S/c1-12-6-15(16-7-13(2)25-10-19(16)31-3)17(8-24-12)21(30)29-23-28-20-22(33-23)27-18(9-26-20)14-4-5-32-11-14/h6-10,14H,4-5,11H2,1-3H3,(H,26,28,29,30). The van der Waals surface area contributed by atoms with Gasteiger partial charge in [0.25, 0.3) is 5.91 Å². The van der Waals surface area contributed by atoms with Crippen molar-refractivity contribution in [1.29, 1.82) is 0 Å². The number of thiazole rings is 1. The molecule has 0 aromatic carbocycles. The van der Waals surface area contributed by atoms with Crippen molar-refractivity contribution in [3.05, 3.63) is 53.4 Å². The number of hydrogen-bond donors (Lipinski definition) is 1. The lowest BCUT2D eigenvalue weighted by molar-refractivity contribution is 0.102. The molecule has 1 aliphatic rings. The van der Waals surface area contributed by atoms with Crippen LogP contribution in [-0.4, -0.2) is 51.2 Å². The van der Waals surface area contributed by atoms with Crippen molar-refractivity contribution >= 4 is 32.9 Å². The van der Waals surface area contributed by atoms with Crippen LogP contribution in [0, 0.1) is 13.8 Å². The molecule has 1 saturated heterocycles. The van der Waals surface area contributed by atoms with Crippen LogP contribution in [-0.2, 0) is 4.74 Å². The fraction of sp³-hybridized carbons (Fsp3) is 0.304. The summed E-state index contributed by atoms with van der Waals surface area (Å²) in [6.07, 6.45) is 5.90. The van der Waals surface area contributed by atoms with E-state index < -0.39 is 0 Å². The van der Waals surface area contributed by atoms with E-state index in [0.29, 0.717) is 39.1 Å². The molecule has 1 aliphatic heterocycles. The van der Waals surface area contributed by atoms with E-state index in [1.807, 2.05) is 26.0 Å². The van der Waals surface area contributed by atoms with Crippen LogP contribution >= 0.6 is 11.3 Å². The molecule has 0 bridgehead atoms. The van der Waals surface area contributed by atoms with Gasteiger partial charge in [-0.2, -0.15) is 4.98 Å². The van der Waals surface area contributed by atoms with E-state index in [1.54, 1.807) is 25.7 Å². The highest BCUT2D eigenvalue weighted by atomic mass is 32.1. The predicted molar refractivity (Wildman–Crippen MR) is 125 cm³/mol. The van der Waals surface area contributed by atoms with Gasteiger partial charge in [0.05, 0.1) is 37.4 Å². The van der Waals surface area contributed by atoms with Crippen LogP contribution in [0.1, 0.15) is 39.8 Å². The van der Waals surface area contributed by atoms with E-state index >= 15 is 0 Å². The SMILES string of the molecule is COc1cnc(C)cc1-c1cc(C)ncc1C(=O)Nc1nc2ncc(C3CCOC3)nc2s1. The minimum atomic E-state index is -0.322. The van der Waals surface area contributed by atoms with Gasteiger partial charge >= 0.3 is 0 Å². The van der Waals surface area contributed by atoms with E-state index in [2.05, 4.69) is 25.3 Å². The molecule has 10 heteroatoms. The van der Waals surface area contributed by atoms with Gasteiger partial charge in [0.2, 0.25) is 0 Å². The molecule has 33 heavy (non-hydrogen) atoms. The van der Waals surface area contributed by atoms with E-state index in [0.717, 1.165) is 35.7 Å². The Balaban J connectivity index is 1.47. The third-order valence-electron chi connectivity index (χ3n) is 5.51. The number of hydrogen-bond acceptors (Lipinski definition) is 9. The first-order valence-corrected chi connectivity index (χ1v) is 11.3. The molecule has 1 amide bonds. The Hall–Kier alpha value is -3.50. The molecule has 0 radical (unpaired) electrons. The van der Waals surface area contributed by atoms with Crippen molar-refractivity contribution in [2.75, 3.05) is 25.6 Å². The first-order valence-electron chi connectivity index (χ1n) is 10.5. The number of aryl methyl sites for hydroxylation is 2. The Morgan fingerprint density at radius 3 is 2.64 bits per heavy atom. The number of ether oxygens (including phenoxy) is 2. The maximum absolute atomic E-state index is 13.3. The molecule has 5 heterocycles. The summed E-state index contributed by atoms with van der Waals surface area (Å²) in [5.41, 5.74) is 4.90. The topological polar surface area (TPSA) is 112 Å². The molecule has 9 nitrogen and oxygen atoms in total. The zero-order chi connectivity index (χ0) is 22.9.